The zero-order chi connectivity index (χ0) is 11.9. The number of aliphatic hydroxyl groups is 1. The molecule has 0 atom stereocenters. The van der Waals surface area contributed by atoms with E-state index < -0.39 is 16.8 Å². The Bertz CT molecular complexity index is 303. The second-order valence-electron chi connectivity index (χ2n) is 5.38. The molecule has 0 amide bonds. The average Bonchev–Trinajstić information content (AvgIpc) is 2.72. The number of ether oxygens (including phenoxy) is 2. The first-order valence-corrected chi connectivity index (χ1v) is 5.85. The Morgan fingerprint density at radius 3 is 2.06 bits per heavy atom. The van der Waals surface area contributed by atoms with Crippen LogP contribution in [-0.4, -0.2) is 29.7 Å². The maximum absolute atomic E-state index is 10.5. The Balaban J connectivity index is 2.07. The van der Waals surface area contributed by atoms with Gasteiger partial charge in [-0.2, -0.15) is 5.26 Å². The van der Waals surface area contributed by atoms with Crippen molar-refractivity contribution in [1.82, 2.24) is 0 Å². The van der Waals surface area contributed by atoms with Crippen LogP contribution in [0.3, 0.4) is 0 Å². The number of hydrogen-bond donors (Lipinski definition) is 1. The van der Waals surface area contributed by atoms with E-state index in [9.17, 15) is 5.11 Å². The molecule has 2 fully saturated rings. The molecule has 1 saturated heterocycles. The fourth-order valence-electron chi connectivity index (χ4n) is 2.56. The zero-order valence-corrected chi connectivity index (χ0v) is 9.95. The monoisotopic (exact) mass is 225 g/mol. The molecular weight excluding hydrogens is 206 g/mol. The van der Waals surface area contributed by atoms with Crippen molar-refractivity contribution in [3.05, 3.63) is 0 Å². The van der Waals surface area contributed by atoms with Gasteiger partial charge in [0, 0.05) is 12.8 Å². The van der Waals surface area contributed by atoms with Crippen LogP contribution in [0.2, 0.25) is 0 Å². The van der Waals surface area contributed by atoms with Crippen molar-refractivity contribution in [2.45, 2.75) is 50.9 Å². The van der Waals surface area contributed by atoms with Crippen LogP contribution in [0.4, 0.5) is 0 Å². The molecule has 0 bridgehead atoms. The molecule has 1 aliphatic carbocycles. The topological polar surface area (TPSA) is 62.5 Å². The predicted octanol–water partition coefficient (Wildman–Crippen LogP) is 1.58. The summed E-state index contributed by atoms with van der Waals surface area (Å²) in [6.45, 7) is 4.86. The minimum absolute atomic E-state index is 0.474. The first-order valence-electron chi connectivity index (χ1n) is 5.85. The van der Waals surface area contributed by atoms with Crippen LogP contribution in [0.5, 0.6) is 0 Å². The van der Waals surface area contributed by atoms with Gasteiger partial charge in [0.1, 0.15) is 0 Å². The van der Waals surface area contributed by atoms with E-state index in [0.29, 0.717) is 38.9 Å². The van der Waals surface area contributed by atoms with Gasteiger partial charge in [0.25, 0.3) is 0 Å². The van der Waals surface area contributed by atoms with E-state index in [2.05, 4.69) is 6.07 Å². The third kappa shape index (κ3) is 1.73. The van der Waals surface area contributed by atoms with Crippen LogP contribution in [0.1, 0.15) is 39.5 Å². The largest absolute Gasteiger partial charge is 0.388 e. The molecule has 4 heteroatoms. The van der Waals surface area contributed by atoms with Gasteiger partial charge >= 0.3 is 0 Å². The third-order valence-electron chi connectivity index (χ3n) is 4.10. The van der Waals surface area contributed by atoms with Gasteiger partial charge in [-0.25, -0.2) is 0 Å². The molecule has 1 heterocycles. The van der Waals surface area contributed by atoms with Gasteiger partial charge < -0.3 is 14.6 Å². The number of nitrogens with zero attached hydrogens (tertiary/aromatic N) is 1. The lowest BCUT2D eigenvalue weighted by Crippen LogP contribution is -2.51. The molecule has 1 saturated carbocycles. The first-order chi connectivity index (χ1) is 7.43. The fraction of sp³-hybridized carbons (Fsp3) is 0.917. The van der Waals surface area contributed by atoms with E-state index in [4.69, 9.17) is 14.7 Å². The Morgan fingerprint density at radius 1 is 1.12 bits per heavy atom. The number of rotatable bonds is 1. The van der Waals surface area contributed by atoms with E-state index in [1.165, 1.54) is 0 Å². The summed E-state index contributed by atoms with van der Waals surface area (Å²) in [5.41, 5.74) is -1.63. The average molecular weight is 225 g/mol. The Hall–Kier alpha value is -0.630. The highest BCUT2D eigenvalue weighted by Gasteiger charge is 2.52. The van der Waals surface area contributed by atoms with Crippen LogP contribution >= 0.6 is 0 Å². The van der Waals surface area contributed by atoms with Crippen molar-refractivity contribution in [2.24, 2.45) is 5.41 Å². The van der Waals surface area contributed by atoms with Crippen molar-refractivity contribution in [1.29, 1.82) is 5.26 Å². The van der Waals surface area contributed by atoms with Crippen LogP contribution in [0.25, 0.3) is 0 Å². The van der Waals surface area contributed by atoms with E-state index >= 15 is 0 Å². The van der Waals surface area contributed by atoms with Gasteiger partial charge in [-0.1, -0.05) is 0 Å². The van der Waals surface area contributed by atoms with E-state index in [0.717, 1.165) is 0 Å². The SMILES string of the molecule is CC(C)(C#N)C1(O)CCC2(CC1)OCCO2. The van der Waals surface area contributed by atoms with Crippen LogP contribution in [-0.2, 0) is 9.47 Å². The fourth-order valence-corrected chi connectivity index (χ4v) is 2.56. The molecule has 0 aromatic heterocycles. The van der Waals surface area contributed by atoms with E-state index in [-0.39, 0.29) is 0 Å². The first kappa shape index (κ1) is 11.8. The lowest BCUT2D eigenvalue weighted by atomic mass is 9.66. The summed E-state index contributed by atoms with van der Waals surface area (Å²) in [5, 5.41) is 19.6. The molecule has 2 aliphatic rings. The third-order valence-corrected chi connectivity index (χ3v) is 4.10. The molecule has 0 aromatic rings. The highest BCUT2D eigenvalue weighted by molar-refractivity contribution is 5.09. The summed E-state index contributed by atoms with van der Waals surface area (Å²) >= 11 is 0. The van der Waals surface area contributed by atoms with Gasteiger partial charge in [0.2, 0.25) is 0 Å². The van der Waals surface area contributed by atoms with Gasteiger partial charge in [-0.15, -0.1) is 0 Å². The molecule has 0 unspecified atom stereocenters. The predicted molar refractivity (Wildman–Crippen MR) is 57.4 cm³/mol. The van der Waals surface area contributed by atoms with Crippen molar-refractivity contribution < 1.29 is 14.6 Å². The van der Waals surface area contributed by atoms with Crippen molar-refractivity contribution in [3.63, 3.8) is 0 Å². The number of nitriles is 1. The smallest absolute Gasteiger partial charge is 0.168 e. The summed E-state index contributed by atoms with van der Waals surface area (Å²) in [4.78, 5) is 0. The van der Waals surface area contributed by atoms with Gasteiger partial charge in [0.15, 0.2) is 5.79 Å². The lowest BCUT2D eigenvalue weighted by Gasteiger charge is -2.45. The second kappa shape index (κ2) is 3.69. The molecule has 2 rings (SSSR count). The highest BCUT2D eigenvalue weighted by atomic mass is 16.7. The molecule has 16 heavy (non-hydrogen) atoms. The van der Waals surface area contributed by atoms with Crippen LogP contribution in [0.15, 0.2) is 0 Å². The molecule has 1 aliphatic heterocycles. The Kier molecular flexibility index (Phi) is 2.73. The van der Waals surface area contributed by atoms with Gasteiger partial charge in [-0.3, -0.25) is 0 Å². The van der Waals surface area contributed by atoms with Crippen LogP contribution < -0.4 is 0 Å². The minimum Gasteiger partial charge on any atom is -0.388 e. The maximum atomic E-state index is 10.5. The molecule has 0 aromatic carbocycles. The molecule has 0 radical (unpaired) electrons. The summed E-state index contributed by atoms with van der Waals surface area (Å²) in [7, 11) is 0. The van der Waals surface area contributed by atoms with E-state index in [1.54, 1.807) is 13.8 Å². The highest BCUT2D eigenvalue weighted by Crippen LogP contribution is 2.47. The van der Waals surface area contributed by atoms with Gasteiger partial charge in [0.05, 0.1) is 30.3 Å². The van der Waals surface area contributed by atoms with E-state index in [1.807, 2.05) is 0 Å². The molecular formula is C12H19NO3. The molecule has 1 N–H and O–H groups in total. The lowest BCUT2D eigenvalue weighted by molar-refractivity contribution is -0.214. The summed E-state index contributed by atoms with van der Waals surface area (Å²) < 4.78 is 11.2. The quantitative estimate of drug-likeness (QED) is 0.736. The molecule has 1 spiro atoms. The van der Waals surface area contributed by atoms with Crippen molar-refractivity contribution in [3.8, 4) is 6.07 Å². The van der Waals surface area contributed by atoms with Crippen molar-refractivity contribution in [2.75, 3.05) is 13.2 Å². The summed E-state index contributed by atoms with van der Waals surface area (Å²) in [5.74, 6) is -0.474. The normalized spacial score (nSPS) is 27.9. The number of hydrogen-bond acceptors (Lipinski definition) is 4. The minimum atomic E-state index is -0.914. The molecule has 4 nitrogen and oxygen atoms in total. The maximum Gasteiger partial charge on any atom is 0.168 e. The van der Waals surface area contributed by atoms with Crippen molar-refractivity contribution >= 4 is 0 Å². The van der Waals surface area contributed by atoms with Gasteiger partial charge in [-0.05, 0) is 26.7 Å². The van der Waals surface area contributed by atoms with Crippen LogP contribution in [0, 0.1) is 16.7 Å². The zero-order valence-electron chi connectivity index (χ0n) is 9.95. The standard InChI is InChI=1S/C12H19NO3/c1-10(2,9-13)11(14)3-5-12(6-4-11)15-7-8-16-12/h14H,3-8H2,1-2H3. The second-order valence-corrected chi connectivity index (χ2v) is 5.38. The summed E-state index contributed by atoms with van der Waals surface area (Å²) in [6, 6.07) is 2.20. The Morgan fingerprint density at radius 2 is 1.62 bits per heavy atom. The Labute approximate surface area is 96.2 Å². The molecule has 90 valence electrons. The summed E-state index contributed by atoms with van der Waals surface area (Å²) in [6.07, 6.45) is 2.48.